The molecule has 2 rings (SSSR count). The highest BCUT2D eigenvalue weighted by molar-refractivity contribution is 14.0. The van der Waals surface area contributed by atoms with Crippen LogP contribution in [0.3, 0.4) is 0 Å². The second-order valence-electron chi connectivity index (χ2n) is 6.22. The van der Waals surface area contributed by atoms with E-state index in [1.165, 1.54) is 0 Å². The summed E-state index contributed by atoms with van der Waals surface area (Å²) in [5.74, 6) is 1.67. The van der Waals surface area contributed by atoms with E-state index >= 15 is 0 Å². The number of likely N-dealkylation sites (N-methyl/N-ethyl adjacent to an activating group) is 1. The lowest BCUT2D eigenvalue weighted by atomic mass is 10.2. The van der Waals surface area contributed by atoms with Gasteiger partial charge in [0.1, 0.15) is 12.4 Å². The van der Waals surface area contributed by atoms with Gasteiger partial charge in [-0.25, -0.2) is 0 Å². The molecule has 7 heteroatoms. The van der Waals surface area contributed by atoms with Gasteiger partial charge in [-0.3, -0.25) is 9.98 Å². The summed E-state index contributed by atoms with van der Waals surface area (Å²) < 4.78 is 5.78. The molecule has 0 aliphatic heterocycles. The Bertz CT molecular complexity index is 679. The second-order valence-corrected chi connectivity index (χ2v) is 6.22. The molecular weight excluding hydrogens is 453 g/mol. The molecule has 0 saturated heterocycles. The zero-order valence-electron chi connectivity index (χ0n) is 16.3. The van der Waals surface area contributed by atoms with E-state index in [2.05, 4.69) is 37.6 Å². The molecule has 0 atom stereocenters. The maximum Gasteiger partial charge on any atom is 0.191 e. The third kappa shape index (κ3) is 9.58. The SMILES string of the molecule is CN=C(NCCc1ccccn1)NCc1cccc(OCCN(C)C)c1.I. The fraction of sp³-hybridized carbons (Fsp3) is 0.400. The molecule has 0 amide bonds. The highest BCUT2D eigenvalue weighted by Crippen LogP contribution is 2.13. The van der Waals surface area contributed by atoms with E-state index in [4.69, 9.17) is 4.74 Å². The van der Waals surface area contributed by atoms with Crippen LogP contribution < -0.4 is 15.4 Å². The Morgan fingerprint density at radius 3 is 2.70 bits per heavy atom. The summed E-state index contributed by atoms with van der Waals surface area (Å²) in [6.45, 7) is 3.05. The number of guanidine groups is 1. The third-order valence-corrected chi connectivity index (χ3v) is 3.79. The summed E-state index contributed by atoms with van der Waals surface area (Å²) in [6.07, 6.45) is 2.67. The largest absolute Gasteiger partial charge is 0.492 e. The van der Waals surface area contributed by atoms with Crippen molar-refractivity contribution in [2.24, 2.45) is 4.99 Å². The van der Waals surface area contributed by atoms with Crippen molar-refractivity contribution in [3.63, 3.8) is 0 Å². The predicted molar refractivity (Wildman–Crippen MR) is 122 cm³/mol. The number of rotatable bonds is 9. The lowest BCUT2D eigenvalue weighted by Gasteiger charge is -2.13. The van der Waals surface area contributed by atoms with Crippen LogP contribution in [0.1, 0.15) is 11.3 Å². The van der Waals surface area contributed by atoms with Crippen molar-refractivity contribution in [3.05, 3.63) is 59.9 Å². The first-order valence-corrected chi connectivity index (χ1v) is 8.88. The van der Waals surface area contributed by atoms with Gasteiger partial charge in [-0.1, -0.05) is 18.2 Å². The van der Waals surface area contributed by atoms with E-state index in [0.29, 0.717) is 13.2 Å². The molecule has 2 aromatic rings. The van der Waals surface area contributed by atoms with E-state index in [1.807, 2.05) is 50.6 Å². The number of nitrogens with zero attached hydrogens (tertiary/aromatic N) is 3. The Hall–Kier alpha value is -1.87. The van der Waals surface area contributed by atoms with Crippen LogP contribution in [-0.4, -0.2) is 56.7 Å². The zero-order chi connectivity index (χ0) is 18.6. The molecule has 0 spiro atoms. The number of pyridine rings is 1. The molecule has 0 aliphatic carbocycles. The number of halogens is 1. The number of aliphatic imine (C=N–C) groups is 1. The van der Waals surface area contributed by atoms with Gasteiger partial charge in [0.05, 0.1) is 0 Å². The quantitative estimate of drug-likeness (QED) is 0.326. The van der Waals surface area contributed by atoms with Crippen LogP contribution in [0, 0.1) is 0 Å². The van der Waals surface area contributed by atoms with Gasteiger partial charge in [0, 0.05) is 45.0 Å². The van der Waals surface area contributed by atoms with Crippen molar-refractivity contribution in [3.8, 4) is 5.75 Å². The molecule has 1 heterocycles. The molecule has 0 aliphatic rings. The van der Waals surface area contributed by atoms with Crippen molar-refractivity contribution >= 4 is 29.9 Å². The van der Waals surface area contributed by atoms with Crippen LogP contribution in [0.15, 0.2) is 53.7 Å². The van der Waals surface area contributed by atoms with Crippen LogP contribution in [0.5, 0.6) is 5.75 Å². The minimum Gasteiger partial charge on any atom is -0.492 e. The molecule has 0 saturated carbocycles. The molecule has 2 N–H and O–H groups in total. The standard InChI is InChI=1S/C20H29N5O.HI/c1-21-20(23-12-10-18-8-4-5-11-22-18)24-16-17-7-6-9-19(15-17)26-14-13-25(2)3;/h4-9,11,15H,10,12-14,16H2,1-3H3,(H2,21,23,24);1H. The molecule has 0 fully saturated rings. The monoisotopic (exact) mass is 483 g/mol. The van der Waals surface area contributed by atoms with Crippen LogP contribution in [0.2, 0.25) is 0 Å². The smallest absolute Gasteiger partial charge is 0.191 e. The molecule has 1 aromatic heterocycles. The van der Waals surface area contributed by atoms with Gasteiger partial charge in [0.25, 0.3) is 0 Å². The van der Waals surface area contributed by atoms with Crippen LogP contribution in [0.25, 0.3) is 0 Å². The lowest BCUT2D eigenvalue weighted by Crippen LogP contribution is -2.37. The molecule has 6 nitrogen and oxygen atoms in total. The summed E-state index contributed by atoms with van der Waals surface area (Å²) in [6, 6.07) is 14.1. The normalized spacial score (nSPS) is 11.0. The number of aromatic nitrogens is 1. The van der Waals surface area contributed by atoms with Crippen molar-refractivity contribution in [1.29, 1.82) is 0 Å². The highest BCUT2D eigenvalue weighted by Gasteiger charge is 2.01. The number of hydrogen-bond acceptors (Lipinski definition) is 4. The Morgan fingerprint density at radius 2 is 2.00 bits per heavy atom. The average Bonchev–Trinajstić information content (AvgIpc) is 2.65. The van der Waals surface area contributed by atoms with Gasteiger partial charge in [0.15, 0.2) is 5.96 Å². The number of hydrogen-bond donors (Lipinski definition) is 2. The molecule has 0 bridgehead atoms. The van der Waals surface area contributed by atoms with Crippen LogP contribution >= 0.6 is 24.0 Å². The fourth-order valence-corrected chi connectivity index (χ4v) is 2.35. The molecule has 0 radical (unpaired) electrons. The van der Waals surface area contributed by atoms with Gasteiger partial charge >= 0.3 is 0 Å². The van der Waals surface area contributed by atoms with E-state index < -0.39 is 0 Å². The minimum absolute atomic E-state index is 0. The summed E-state index contributed by atoms with van der Waals surface area (Å²) in [5, 5.41) is 6.64. The van der Waals surface area contributed by atoms with Crippen molar-refractivity contribution in [2.75, 3.05) is 40.8 Å². The van der Waals surface area contributed by atoms with Crippen LogP contribution in [-0.2, 0) is 13.0 Å². The van der Waals surface area contributed by atoms with E-state index in [0.717, 1.165) is 42.5 Å². The third-order valence-electron chi connectivity index (χ3n) is 3.79. The lowest BCUT2D eigenvalue weighted by molar-refractivity contribution is 0.261. The van der Waals surface area contributed by atoms with Crippen molar-refractivity contribution in [1.82, 2.24) is 20.5 Å². The summed E-state index contributed by atoms with van der Waals surface area (Å²) in [4.78, 5) is 10.7. The minimum atomic E-state index is 0. The first-order chi connectivity index (χ1) is 12.7. The first kappa shape index (κ1) is 23.2. The Kier molecular flexibility index (Phi) is 11.4. The number of nitrogens with one attached hydrogen (secondary N) is 2. The summed E-state index contributed by atoms with van der Waals surface area (Å²) in [5.41, 5.74) is 2.22. The van der Waals surface area contributed by atoms with E-state index in [-0.39, 0.29) is 24.0 Å². The molecule has 27 heavy (non-hydrogen) atoms. The van der Waals surface area contributed by atoms with Gasteiger partial charge < -0.3 is 20.3 Å². The predicted octanol–water partition coefficient (Wildman–Crippen LogP) is 2.55. The molecule has 1 aromatic carbocycles. The zero-order valence-corrected chi connectivity index (χ0v) is 18.6. The fourth-order valence-electron chi connectivity index (χ4n) is 2.35. The van der Waals surface area contributed by atoms with Gasteiger partial charge in [-0.15, -0.1) is 24.0 Å². The van der Waals surface area contributed by atoms with Crippen LogP contribution in [0.4, 0.5) is 0 Å². The maximum absolute atomic E-state index is 5.78. The second kappa shape index (κ2) is 13.3. The van der Waals surface area contributed by atoms with Crippen molar-refractivity contribution < 1.29 is 4.74 Å². The molecule has 0 unspecified atom stereocenters. The van der Waals surface area contributed by atoms with E-state index in [9.17, 15) is 0 Å². The van der Waals surface area contributed by atoms with Gasteiger partial charge in [-0.2, -0.15) is 0 Å². The Labute approximate surface area is 179 Å². The molecular formula is C20H30IN5O. The topological polar surface area (TPSA) is 61.8 Å². The summed E-state index contributed by atoms with van der Waals surface area (Å²) >= 11 is 0. The maximum atomic E-state index is 5.78. The van der Waals surface area contributed by atoms with Gasteiger partial charge in [0.2, 0.25) is 0 Å². The average molecular weight is 483 g/mol. The first-order valence-electron chi connectivity index (χ1n) is 8.88. The van der Waals surface area contributed by atoms with Gasteiger partial charge in [-0.05, 0) is 43.9 Å². The molecule has 148 valence electrons. The Morgan fingerprint density at radius 1 is 1.15 bits per heavy atom. The highest BCUT2D eigenvalue weighted by atomic mass is 127. The van der Waals surface area contributed by atoms with E-state index in [1.54, 1.807) is 7.05 Å². The number of benzene rings is 1. The number of ether oxygens (including phenoxy) is 1. The van der Waals surface area contributed by atoms with Crippen molar-refractivity contribution in [2.45, 2.75) is 13.0 Å². The summed E-state index contributed by atoms with van der Waals surface area (Å²) in [7, 11) is 5.85. The Balaban J connectivity index is 0.00000364.